The third-order valence-corrected chi connectivity index (χ3v) is 4.66. The van der Waals surface area contributed by atoms with Crippen molar-refractivity contribution in [2.24, 2.45) is 0 Å². The molecule has 3 aromatic carbocycles. The van der Waals surface area contributed by atoms with E-state index in [1.807, 2.05) is 24.3 Å². The Labute approximate surface area is 145 Å². The van der Waals surface area contributed by atoms with Crippen LogP contribution in [0.4, 0.5) is 0 Å². The molecule has 5 rings (SSSR count). The lowest BCUT2D eigenvalue weighted by Crippen LogP contribution is -1.95. The highest BCUT2D eigenvalue weighted by Gasteiger charge is 2.14. The molecule has 0 fully saturated rings. The Morgan fingerprint density at radius 2 is 1.60 bits per heavy atom. The lowest BCUT2D eigenvalue weighted by atomic mass is 10.1. The molecule has 2 aromatic heterocycles. The second-order valence-electron chi connectivity index (χ2n) is 6.11. The summed E-state index contributed by atoms with van der Waals surface area (Å²) in [5, 5.41) is 3.45. The van der Waals surface area contributed by atoms with Gasteiger partial charge in [-0.25, -0.2) is 4.98 Å². The maximum atomic E-state index is 5.36. The van der Waals surface area contributed by atoms with E-state index in [9.17, 15) is 0 Å². The number of ether oxygens (including phenoxy) is 1. The van der Waals surface area contributed by atoms with Crippen molar-refractivity contribution in [1.82, 2.24) is 9.55 Å². The van der Waals surface area contributed by atoms with Gasteiger partial charge in [0.1, 0.15) is 11.4 Å². The lowest BCUT2D eigenvalue weighted by Gasteiger charge is -2.07. The van der Waals surface area contributed by atoms with Crippen LogP contribution in [0.1, 0.15) is 0 Å². The van der Waals surface area contributed by atoms with Gasteiger partial charge in [-0.05, 0) is 42.5 Å². The SMILES string of the molecule is COc1ccc2nc3c(cc2c1)c1ccccc1n3-c1ccccc1. The molecule has 0 aliphatic heterocycles. The molecule has 3 heteroatoms. The van der Waals surface area contributed by atoms with Crippen LogP contribution in [0, 0.1) is 0 Å². The van der Waals surface area contributed by atoms with E-state index in [2.05, 4.69) is 59.2 Å². The highest BCUT2D eigenvalue weighted by Crippen LogP contribution is 2.33. The number of pyridine rings is 1. The van der Waals surface area contributed by atoms with E-state index in [1.165, 1.54) is 10.9 Å². The second kappa shape index (κ2) is 5.35. The molecule has 3 nitrogen and oxygen atoms in total. The summed E-state index contributed by atoms with van der Waals surface area (Å²) in [6.07, 6.45) is 0. The number of hydrogen-bond acceptors (Lipinski definition) is 2. The third-order valence-electron chi connectivity index (χ3n) is 4.66. The number of fused-ring (bicyclic) bond motifs is 4. The van der Waals surface area contributed by atoms with Crippen molar-refractivity contribution in [3.63, 3.8) is 0 Å². The maximum Gasteiger partial charge on any atom is 0.146 e. The number of methoxy groups -OCH3 is 1. The summed E-state index contributed by atoms with van der Waals surface area (Å²) in [5.41, 5.74) is 4.23. The van der Waals surface area contributed by atoms with Crippen molar-refractivity contribution in [3.8, 4) is 11.4 Å². The van der Waals surface area contributed by atoms with Gasteiger partial charge in [-0.15, -0.1) is 0 Å². The molecule has 0 N–H and O–H groups in total. The molecule has 120 valence electrons. The number of benzene rings is 3. The molecule has 0 spiro atoms. The van der Waals surface area contributed by atoms with E-state index >= 15 is 0 Å². The molecule has 0 radical (unpaired) electrons. The molecule has 0 aliphatic rings. The minimum Gasteiger partial charge on any atom is -0.497 e. The Balaban J connectivity index is 1.96. The zero-order valence-corrected chi connectivity index (χ0v) is 13.8. The third kappa shape index (κ3) is 2.09. The summed E-state index contributed by atoms with van der Waals surface area (Å²) in [5.74, 6) is 0.848. The Kier molecular flexibility index (Phi) is 3.01. The predicted molar refractivity (Wildman–Crippen MR) is 103 cm³/mol. The molecule has 0 unspecified atom stereocenters. The molecular formula is C22H16N2O. The molecule has 2 heterocycles. The molecule has 0 atom stereocenters. The molecule has 0 saturated carbocycles. The van der Waals surface area contributed by atoms with Crippen molar-refractivity contribution < 1.29 is 4.74 Å². The molecule has 0 bridgehead atoms. The highest BCUT2D eigenvalue weighted by molar-refractivity contribution is 6.11. The topological polar surface area (TPSA) is 27.1 Å². The average Bonchev–Trinajstić information content (AvgIpc) is 3.00. The van der Waals surface area contributed by atoms with Crippen LogP contribution in [0.5, 0.6) is 5.75 Å². The summed E-state index contributed by atoms with van der Waals surface area (Å²) in [6.45, 7) is 0. The summed E-state index contributed by atoms with van der Waals surface area (Å²) in [6, 6.07) is 27.1. The van der Waals surface area contributed by atoms with Crippen LogP contribution in [0.25, 0.3) is 38.5 Å². The molecule has 25 heavy (non-hydrogen) atoms. The van der Waals surface area contributed by atoms with Crippen molar-refractivity contribution in [2.45, 2.75) is 0 Å². The monoisotopic (exact) mass is 324 g/mol. The van der Waals surface area contributed by atoms with E-state index in [4.69, 9.17) is 9.72 Å². The summed E-state index contributed by atoms with van der Waals surface area (Å²) in [4.78, 5) is 4.97. The normalized spacial score (nSPS) is 11.4. The van der Waals surface area contributed by atoms with E-state index < -0.39 is 0 Å². The van der Waals surface area contributed by atoms with Crippen LogP contribution in [-0.2, 0) is 0 Å². The molecule has 0 saturated heterocycles. The highest BCUT2D eigenvalue weighted by atomic mass is 16.5. The van der Waals surface area contributed by atoms with Gasteiger partial charge in [0.25, 0.3) is 0 Å². The quantitative estimate of drug-likeness (QED) is 0.438. The minimum absolute atomic E-state index is 0.848. The fourth-order valence-corrected chi connectivity index (χ4v) is 3.49. The van der Waals surface area contributed by atoms with Crippen LogP contribution in [0.2, 0.25) is 0 Å². The molecule has 0 amide bonds. The van der Waals surface area contributed by atoms with E-state index in [0.29, 0.717) is 0 Å². The van der Waals surface area contributed by atoms with Crippen molar-refractivity contribution in [1.29, 1.82) is 0 Å². The molecule has 5 aromatic rings. The Morgan fingerprint density at radius 1 is 0.800 bits per heavy atom. The first-order valence-corrected chi connectivity index (χ1v) is 8.28. The van der Waals surface area contributed by atoms with Crippen LogP contribution in [-0.4, -0.2) is 16.7 Å². The lowest BCUT2D eigenvalue weighted by molar-refractivity contribution is 0.415. The zero-order chi connectivity index (χ0) is 16.8. The van der Waals surface area contributed by atoms with E-state index in [0.717, 1.165) is 33.4 Å². The number of nitrogens with zero attached hydrogens (tertiary/aromatic N) is 2. The van der Waals surface area contributed by atoms with Gasteiger partial charge in [0, 0.05) is 21.8 Å². The zero-order valence-electron chi connectivity index (χ0n) is 13.8. The Hall–Kier alpha value is -3.33. The minimum atomic E-state index is 0.848. The average molecular weight is 324 g/mol. The van der Waals surface area contributed by atoms with Crippen molar-refractivity contribution in [2.75, 3.05) is 7.11 Å². The Bertz CT molecular complexity index is 1220. The largest absolute Gasteiger partial charge is 0.497 e. The second-order valence-corrected chi connectivity index (χ2v) is 6.11. The van der Waals surface area contributed by atoms with Crippen LogP contribution < -0.4 is 4.74 Å². The first-order chi connectivity index (χ1) is 12.3. The number of rotatable bonds is 2. The van der Waals surface area contributed by atoms with Gasteiger partial charge in [-0.3, -0.25) is 4.57 Å². The van der Waals surface area contributed by atoms with Gasteiger partial charge in [0.05, 0.1) is 18.1 Å². The predicted octanol–water partition coefficient (Wildman–Crippen LogP) is 5.34. The summed E-state index contributed by atoms with van der Waals surface area (Å²) >= 11 is 0. The van der Waals surface area contributed by atoms with Crippen molar-refractivity contribution >= 4 is 32.8 Å². The van der Waals surface area contributed by atoms with Crippen molar-refractivity contribution in [3.05, 3.63) is 78.9 Å². The fraction of sp³-hybridized carbons (Fsp3) is 0.0455. The van der Waals surface area contributed by atoms with Gasteiger partial charge in [-0.2, -0.15) is 0 Å². The van der Waals surface area contributed by atoms with Crippen LogP contribution in [0.15, 0.2) is 78.9 Å². The smallest absolute Gasteiger partial charge is 0.146 e. The van der Waals surface area contributed by atoms with Gasteiger partial charge in [-0.1, -0.05) is 36.4 Å². The summed E-state index contributed by atoms with van der Waals surface area (Å²) < 4.78 is 7.59. The maximum absolute atomic E-state index is 5.36. The first kappa shape index (κ1) is 14.1. The molecular weight excluding hydrogens is 308 g/mol. The first-order valence-electron chi connectivity index (χ1n) is 8.28. The van der Waals surface area contributed by atoms with Gasteiger partial charge >= 0.3 is 0 Å². The fourth-order valence-electron chi connectivity index (χ4n) is 3.49. The Morgan fingerprint density at radius 3 is 2.44 bits per heavy atom. The van der Waals surface area contributed by atoms with Gasteiger partial charge < -0.3 is 4.74 Å². The standard InChI is InChI=1S/C22H16N2O/c1-25-17-11-12-20-15(13-17)14-19-18-9-5-6-10-21(18)24(22(19)23-20)16-7-3-2-4-8-16/h2-14H,1H3. The molecule has 0 aliphatic carbocycles. The number of hydrogen-bond donors (Lipinski definition) is 0. The number of aromatic nitrogens is 2. The van der Waals surface area contributed by atoms with Crippen LogP contribution in [0.3, 0.4) is 0 Å². The van der Waals surface area contributed by atoms with Crippen LogP contribution >= 0.6 is 0 Å². The van der Waals surface area contributed by atoms with Gasteiger partial charge in [0.2, 0.25) is 0 Å². The number of para-hydroxylation sites is 2. The summed E-state index contributed by atoms with van der Waals surface area (Å²) in [7, 11) is 1.69. The van der Waals surface area contributed by atoms with E-state index in [-0.39, 0.29) is 0 Å². The van der Waals surface area contributed by atoms with Gasteiger partial charge in [0.15, 0.2) is 0 Å². The van der Waals surface area contributed by atoms with E-state index in [1.54, 1.807) is 7.11 Å².